The van der Waals surface area contributed by atoms with E-state index < -0.39 is 48.6 Å². The van der Waals surface area contributed by atoms with Crippen LogP contribution in [0.15, 0.2) is 91.0 Å². The number of esters is 3. The lowest BCUT2D eigenvalue weighted by molar-refractivity contribution is -0.156. The molecule has 9 nitrogen and oxygen atoms in total. The monoisotopic (exact) mass is 506 g/mol. The molecule has 0 aromatic heterocycles. The Balaban J connectivity index is 1.54. The Bertz CT molecular complexity index is 1180. The zero-order valence-corrected chi connectivity index (χ0v) is 20.0. The second-order valence-electron chi connectivity index (χ2n) is 8.20. The van der Waals surface area contributed by atoms with Crippen LogP contribution >= 0.6 is 0 Å². The van der Waals surface area contributed by atoms with Crippen molar-refractivity contribution in [2.75, 3.05) is 13.7 Å². The summed E-state index contributed by atoms with van der Waals surface area (Å²) in [6, 6.07) is 24.7. The van der Waals surface area contributed by atoms with Crippen molar-refractivity contribution in [2.24, 2.45) is 0 Å². The summed E-state index contributed by atoms with van der Waals surface area (Å²) in [5.74, 6) is -2.05. The number of rotatable bonds is 9. The van der Waals surface area contributed by atoms with Crippen LogP contribution in [0, 0.1) is 0 Å². The molecule has 3 aromatic carbocycles. The van der Waals surface area contributed by atoms with E-state index >= 15 is 0 Å². The quantitative estimate of drug-likeness (QED) is 0.345. The SMILES string of the molecule is COC(COC(=O)c1ccccc1)C1OC(O)C(OC(=O)c2ccccc2)C1OC(=O)c1ccccc1. The third kappa shape index (κ3) is 6.39. The van der Waals surface area contributed by atoms with Gasteiger partial charge >= 0.3 is 17.9 Å². The largest absolute Gasteiger partial charge is 0.459 e. The van der Waals surface area contributed by atoms with Crippen molar-refractivity contribution < 1.29 is 43.2 Å². The molecule has 9 heteroatoms. The first kappa shape index (κ1) is 26.0. The van der Waals surface area contributed by atoms with Crippen molar-refractivity contribution in [1.29, 1.82) is 0 Å². The molecule has 0 aliphatic carbocycles. The smallest absolute Gasteiger partial charge is 0.338 e. The molecule has 5 unspecified atom stereocenters. The summed E-state index contributed by atoms with van der Waals surface area (Å²) in [5.41, 5.74) is 0.832. The van der Waals surface area contributed by atoms with Crippen molar-refractivity contribution in [2.45, 2.75) is 30.7 Å². The topological polar surface area (TPSA) is 118 Å². The van der Waals surface area contributed by atoms with Gasteiger partial charge in [-0.3, -0.25) is 0 Å². The molecule has 0 spiro atoms. The van der Waals surface area contributed by atoms with Crippen molar-refractivity contribution in [3.05, 3.63) is 108 Å². The predicted molar refractivity (Wildman–Crippen MR) is 130 cm³/mol. The molecule has 1 heterocycles. The van der Waals surface area contributed by atoms with Crippen molar-refractivity contribution in [3.63, 3.8) is 0 Å². The molecule has 5 atom stereocenters. The molecule has 4 rings (SSSR count). The van der Waals surface area contributed by atoms with Crippen LogP contribution in [0.5, 0.6) is 0 Å². The minimum Gasteiger partial charge on any atom is -0.459 e. The minimum absolute atomic E-state index is 0.242. The highest BCUT2D eigenvalue weighted by Crippen LogP contribution is 2.30. The Kier molecular flexibility index (Phi) is 8.63. The van der Waals surface area contributed by atoms with Gasteiger partial charge in [-0.2, -0.15) is 0 Å². The molecule has 1 N–H and O–H groups in total. The van der Waals surface area contributed by atoms with Crippen LogP contribution in [-0.4, -0.2) is 67.4 Å². The highest BCUT2D eigenvalue weighted by molar-refractivity contribution is 5.90. The normalized spacial score (nSPS) is 21.6. The summed E-state index contributed by atoms with van der Waals surface area (Å²) >= 11 is 0. The van der Waals surface area contributed by atoms with Crippen LogP contribution in [0.25, 0.3) is 0 Å². The number of hydrogen-bond acceptors (Lipinski definition) is 9. The first-order valence-corrected chi connectivity index (χ1v) is 11.6. The fourth-order valence-electron chi connectivity index (χ4n) is 3.87. The Labute approximate surface area is 213 Å². The minimum atomic E-state index is -1.63. The van der Waals surface area contributed by atoms with Crippen LogP contribution in [0.2, 0.25) is 0 Å². The van der Waals surface area contributed by atoms with Crippen molar-refractivity contribution >= 4 is 17.9 Å². The maximum atomic E-state index is 12.9. The standard InChI is InChI=1S/C28H26O9/c1-33-21(17-34-25(29)18-11-5-2-6-12-18)22-23(36-26(30)19-13-7-3-8-14-19)24(28(32)35-22)37-27(31)20-15-9-4-10-16-20/h2-16,21-24,28,32H,17H2,1H3. The van der Waals surface area contributed by atoms with Gasteiger partial charge in [-0.05, 0) is 36.4 Å². The third-order valence-electron chi connectivity index (χ3n) is 5.79. The van der Waals surface area contributed by atoms with Gasteiger partial charge in [0.15, 0.2) is 18.5 Å². The van der Waals surface area contributed by atoms with Gasteiger partial charge in [0.05, 0.1) is 16.7 Å². The van der Waals surface area contributed by atoms with E-state index in [0.29, 0.717) is 5.56 Å². The number of carbonyl (C=O) groups excluding carboxylic acids is 3. The highest BCUT2D eigenvalue weighted by Gasteiger charge is 2.52. The average Bonchev–Trinajstić information content (AvgIpc) is 3.24. The van der Waals surface area contributed by atoms with Crippen LogP contribution in [0.4, 0.5) is 0 Å². The number of ether oxygens (including phenoxy) is 5. The molecule has 192 valence electrons. The lowest BCUT2D eigenvalue weighted by Crippen LogP contribution is -2.46. The second-order valence-corrected chi connectivity index (χ2v) is 8.20. The number of carbonyl (C=O) groups is 3. The van der Waals surface area contributed by atoms with E-state index in [4.69, 9.17) is 23.7 Å². The van der Waals surface area contributed by atoms with Gasteiger partial charge < -0.3 is 28.8 Å². The van der Waals surface area contributed by atoms with E-state index in [1.807, 2.05) is 0 Å². The molecule has 1 saturated heterocycles. The summed E-state index contributed by atoms with van der Waals surface area (Å²) in [7, 11) is 1.36. The second kappa shape index (κ2) is 12.3. The molecule has 0 bridgehead atoms. The summed E-state index contributed by atoms with van der Waals surface area (Å²) < 4.78 is 27.7. The summed E-state index contributed by atoms with van der Waals surface area (Å²) in [4.78, 5) is 38.1. The number of aliphatic hydroxyl groups is 1. The molecule has 1 fully saturated rings. The Morgan fingerprint density at radius 2 is 1.16 bits per heavy atom. The third-order valence-corrected chi connectivity index (χ3v) is 5.79. The van der Waals surface area contributed by atoms with E-state index in [-0.39, 0.29) is 17.7 Å². The number of hydrogen-bond donors (Lipinski definition) is 1. The fraction of sp³-hybridized carbons (Fsp3) is 0.250. The molecule has 3 aromatic rings. The van der Waals surface area contributed by atoms with Gasteiger partial charge in [0.2, 0.25) is 0 Å². The molecule has 0 saturated carbocycles. The number of methoxy groups -OCH3 is 1. The van der Waals surface area contributed by atoms with Crippen LogP contribution in [-0.2, 0) is 23.7 Å². The zero-order valence-electron chi connectivity index (χ0n) is 20.0. The van der Waals surface area contributed by atoms with Gasteiger partial charge in [-0.25, -0.2) is 14.4 Å². The van der Waals surface area contributed by atoms with Gasteiger partial charge in [-0.15, -0.1) is 0 Å². The maximum Gasteiger partial charge on any atom is 0.338 e. The molecular weight excluding hydrogens is 480 g/mol. The average molecular weight is 507 g/mol. The molecule has 1 aliphatic heterocycles. The van der Waals surface area contributed by atoms with Crippen molar-refractivity contribution in [3.8, 4) is 0 Å². The Morgan fingerprint density at radius 3 is 1.62 bits per heavy atom. The number of aliphatic hydroxyl groups excluding tert-OH is 1. The highest BCUT2D eigenvalue weighted by atomic mass is 16.7. The van der Waals surface area contributed by atoms with E-state index in [1.54, 1.807) is 91.0 Å². The predicted octanol–water partition coefficient (Wildman–Crippen LogP) is 3.03. The molecule has 1 aliphatic rings. The Hall–Kier alpha value is -4.05. The molecule has 0 radical (unpaired) electrons. The fourth-order valence-corrected chi connectivity index (χ4v) is 3.87. The van der Waals surface area contributed by atoms with E-state index in [0.717, 1.165) is 0 Å². The van der Waals surface area contributed by atoms with E-state index in [1.165, 1.54) is 7.11 Å². The lowest BCUT2D eigenvalue weighted by atomic mass is 10.1. The maximum absolute atomic E-state index is 12.9. The van der Waals surface area contributed by atoms with Gasteiger partial charge in [-0.1, -0.05) is 54.6 Å². The Morgan fingerprint density at radius 1 is 0.730 bits per heavy atom. The van der Waals surface area contributed by atoms with Crippen LogP contribution in [0.1, 0.15) is 31.1 Å². The first-order chi connectivity index (χ1) is 18.0. The van der Waals surface area contributed by atoms with E-state index in [2.05, 4.69) is 0 Å². The summed E-state index contributed by atoms with van der Waals surface area (Å²) in [5, 5.41) is 10.7. The molecule has 0 amide bonds. The van der Waals surface area contributed by atoms with Gasteiger partial charge in [0.1, 0.15) is 18.8 Å². The first-order valence-electron chi connectivity index (χ1n) is 11.6. The van der Waals surface area contributed by atoms with Crippen LogP contribution in [0.3, 0.4) is 0 Å². The zero-order chi connectivity index (χ0) is 26.2. The molecule has 37 heavy (non-hydrogen) atoms. The lowest BCUT2D eigenvalue weighted by Gasteiger charge is -2.27. The van der Waals surface area contributed by atoms with Crippen molar-refractivity contribution in [1.82, 2.24) is 0 Å². The van der Waals surface area contributed by atoms with Gasteiger partial charge in [0, 0.05) is 7.11 Å². The summed E-state index contributed by atoms with van der Waals surface area (Å²) in [6.07, 6.45) is -6.35. The summed E-state index contributed by atoms with van der Waals surface area (Å²) in [6.45, 7) is -0.277. The van der Waals surface area contributed by atoms with Crippen LogP contribution < -0.4 is 0 Å². The van der Waals surface area contributed by atoms with Gasteiger partial charge in [0.25, 0.3) is 0 Å². The number of benzene rings is 3. The van der Waals surface area contributed by atoms with E-state index in [9.17, 15) is 19.5 Å². The molecular formula is C28H26O9.